The minimum atomic E-state index is -4.35. The number of hydrogen-bond acceptors (Lipinski definition) is 3. The fourth-order valence-electron chi connectivity index (χ4n) is 2.28. The minimum Gasteiger partial charge on any atom is -0.206 e. The molecule has 1 saturated heterocycles. The molecular weight excluding hydrogens is 347 g/mol. The molecule has 1 aliphatic rings. The Hall–Kier alpha value is -0.310. The largest absolute Gasteiger partial charge is 0.393 e. The molecule has 1 aromatic rings. The van der Waals surface area contributed by atoms with Crippen molar-refractivity contribution in [3.8, 4) is 0 Å². The highest BCUT2D eigenvalue weighted by Crippen LogP contribution is 2.36. The van der Waals surface area contributed by atoms with Gasteiger partial charge in [0.2, 0.25) is 0 Å². The van der Waals surface area contributed by atoms with Crippen LogP contribution in [0.5, 0.6) is 0 Å². The van der Waals surface area contributed by atoms with Crippen LogP contribution in [0.3, 0.4) is 0 Å². The van der Waals surface area contributed by atoms with E-state index in [1.54, 1.807) is 6.07 Å². The molecule has 0 N–H and O–H groups in total. The van der Waals surface area contributed by atoms with E-state index >= 15 is 0 Å². The lowest BCUT2D eigenvalue weighted by atomic mass is 9.99. The zero-order valence-corrected chi connectivity index (χ0v) is 13.5. The molecule has 9 heteroatoms. The van der Waals surface area contributed by atoms with Gasteiger partial charge in [-0.2, -0.15) is 17.5 Å². The average Bonchev–Trinajstić information content (AvgIpc) is 2.88. The molecule has 3 nitrogen and oxygen atoms in total. The van der Waals surface area contributed by atoms with Crippen molar-refractivity contribution in [2.45, 2.75) is 29.6 Å². The fourth-order valence-corrected chi connectivity index (χ4v) is 5.63. The van der Waals surface area contributed by atoms with Crippen LogP contribution in [0.15, 0.2) is 16.3 Å². The molecule has 21 heavy (non-hydrogen) atoms. The number of thiophene rings is 1. The first-order chi connectivity index (χ1) is 9.75. The third-order valence-electron chi connectivity index (χ3n) is 3.42. The highest BCUT2D eigenvalue weighted by molar-refractivity contribution is 7.91. The number of sulfonamides is 1. The molecule has 2 rings (SSSR count). The summed E-state index contributed by atoms with van der Waals surface area (Å²) in [6.07, 6.45) is -3.60. The van der Waals surface area contributed by atoms with Crippen LogP contribution >= 0.6 is 22.9 Å². The molecule has 1 aliphatic heterocycles. The summed E-state index contributed by atoms with van der Waals surface area (Å²) in [6.45, 7) is -0.355. The standard InChI is InChI=1S/C12H15ClF3NO2S2/c13-6-5-10-3-4-11(20-10)21(18,19)17-7-1-2-9(8-17)12(14,15)16/h3-4,9H,1-2,5-8H2. The third-order valence-corrected chi connectivity index (χ3v) is 7.09. The van der Waals surface area contributed by atoms with Crippen LogP contribution in [-0.2, 0) is 16.4 Å². The number of aryl methyl sites for hydroxylation is 1. The first-order valence-electron chi connectivity index (χ1n) is 6.46. The topological polar surface area (TPSA) is 37.4 Å². The first-order valence-corrected chi connectivity index (χ1v) is 9.26. The van der Waals surface area contributed by atoms with Crippen molar-refractivity contribution < 1.29 is 21.6 Å². The number of alkyl halides is 4. The molecule has 0 bridgehead atoms. The van der Waals surface area contributed by atoms with Crippen LogP contribution in [-0.4, -0.2) is 37.9 Å². The van der Waals surface area contributed by atoms with Gasteiger partial charge in [0.1, 0.15) is 4.21 Å². The predicted molar refractivity (Wildman–Crippen MR) is 76.3 cm³/mol. The monoisotopic (exact) mass is 361 g/mol. The van der Waals surface area contributed by atoms with Gasteiger partial charge in [-0.1, -0.05) is 0 Å². The van der Waals surface area contributed by atoms with E-state index in [4.69, 9.17) is 11.6 Å². The first kappa shape index (κ1) is 17.1. The van der Waals surface area contributed by atoms with E-state index in [0.717, 1.165) is 20.5 Å². The van der Waals surface area contributed by atoms with E-state index in [-0.39, 0.29) is 23.6 Å². The number of hydrogen-bond donors (Lipinski definition) is 0. The zero-order chi connectivity index (χ0) is 15.7. The molecule has 1 fully saturated rings. The van der Waals surface area contributed by atoms with E-state index < -0.39 is 28.7 Å². The Morgan fingerprint density at radius 1 is 1.38 bits per heavy atom. The van der Waals surface area contributed by atoms with E-state index in [1.165, 1.54) is 6.07 Å². The van der Waals surface area contributed by atoms with Crippen molar-refractivity contribution >= 4 is 33.0 Å². The van der Waals surface area contributed by atoms with Gasteiger partial charge in [0.05, 0.1) is 5.92 Å². The summed E-state index contributed by atoms with van der Waals surface area (Å²) in [5, 5.41) is 0. The third kappa shape index (κ3) is 3.91. The van der Waals surface area contributed by atoms with Gasteiger partial charge < -0.3 is 0 Å². The molecule has 0 spiro atoms. The fraction of sp³-hybridized carbons (Fsp3) is 0.667. The molecule has 0 aromatic carbocycles. The number of piperidine rings is 1. The van der Waals surface area contributed by atoms with E-state index in [0.29, 0.717) is 12.3 Å². The van der Waals surface area contributed by atoms with Crippen LogP contribution in [0.25, 0.3) is 0 Å². The Balaban J connectivity index is 2.18. The Morgan fingerprint density at radius 2 is 2.10 bits per heavy atom. The minimum absolute atomic E-state index is 0.0164. The van der Waals surface area contributed by atoms with Crippen LogP contribution < -0.4 is 0 Å². The Bertz CT molecular complexity index is 586. The molecule has 1 aromatic heterocycles. The molecule has 120 valence electrons. The molecular formula is C12H15ClF3NO2S2. The molecule has 0 saturated carbocycles. The molecule has 0 aliphatic carbocycles. The van der Waals surface area contributed by atoms with Gasteiger partial charge in [-0.05, 0) is 31.4 Å². The lowest BCUT2D eigenvalue weighted by Gasteiger charge is -2.32. The molecule has 0 amide bonds. The van der Waals surface area contributed by atoms with Gasteiger partial charge in [0, 0.05) is 23.8 Å². The Kier molecular flexibility index (Phi) is 5.23. The van der Waals surface area contributed by atoms with Gasteiger partial charge >= 0.3 is 6.18 Å². The predicted octanol–water partition coefficient (Wildman–Crippen LogP) is 3.49. The summed E-state index contributed by atoms with van der Waals surface area (Å²) in [7, 11) is -3.84. The van der Waals surface area contributed by atoms with E-state index in [1.807, 2.05) is 0 Å². The summed E-state index contributed by atoms with van der Waals surface area (Å²) in [5.74, 6) is -1.21. The van der Waals surface area contributed by atoms with Crippen LogP contribution in [0.1, 0.15) is 17.7 Å². The van der Waals surface area contributed by atoms with Crippen LogP contribution in [0.2, 0.25) is 0 Å². The van der Waals surface area contributed by atoms with Gasteiger partial charge in [-0.3, -0.25) is 0 Å². The van der Waals surface area contributed by atoms with Gasteiger partial charge in [-0.25, -0.2) is 8.42 Å². The van der Waals surface area contributed by atoms with Crippen molar-refractivity contribution in [1.82, 2.24) is 4.31 Å². The van der Waals surface area contributed by atoms with Crippen molar-refractivity contribution in [3.05, 3.63) is 17.0 Å². The summed E-state index contributed by atoms with van der Waals surface area (Å²) in [5.41, 5.74) is 0. The van der Waals surface area contributed by atoms with Crippen molar-refractivity contribution in [1.29, 1.82) is 0 Å². The molecule has 0 radical (unpaired) electrons. The molecule has 1 atom stereocenters. The summed E-state index contributed by atoms with van der Waals surface area (Å²) >= 11 is 6.67. The quantitative estimate of drug-likeness (QED) is 0.770. The zero-order valence-electron chi connectivity index (χ0n) is 11.1. The lowest BCUT2D eigenvalue weighted by Crippen LogP contribution is -2.44. The van der Waals surface area contributed by atoms with Crippen molar-refractivity contribution in [2.75, 3.05) is 19.0 Å². The maximum absolute atomic E-state index is 12.8. The second-order valence-corrected chi connectivity index (χ2v) is 8.61. The van der Waals surface area contributed by atoms with Crippen LogP contribution in [0, 0.1) is 5.92 Å². The van der Waals surface area contributed by atoms with Crippen molar-refractivity contribution in [3.63, 3.8) is 0 Å². The second-order valence-electron chi connectivity index (χ2n) is 4.90. The van der Waals surface area contributed by atoms with E-state index in [2.05, 4.69) is 0 Å². The highest BCUT2D eigenvalue weighted by atomic mass is 35.5. The van der Waals surface area contributed by atoms with Crippen LogP contribution in [0.4, 0.5) is 13.2 Å². The SMILES string of the molecule is O=S(=O)(c1ccc(CCCl)s1)N1CCCC(C(F)(F)F)C1. The highest BCUT2D eigenvalue weighted by Gasteiger charge is 2.44. The number of nitrogens with zero attached hydrogens (tertiary/aromatic N) is 1. The van der Waals surface area contributed by atoms with E-state index in [9.17, 15) is 21.6 Å². The van der Waals surface area contributed by atoms with Crippen molar-refractivity contribution in [2.24, 2.45) is 5.92 Å². The molecule has 2 heterocycles. The average molecular weight is 362 g/mol. The maximum Gasteiger partial charge on any atom is 0.393 e. The lowest BCUT2D eigenvalue weighted by molar-refractivity contribution is -0.182. The second kappa shape index (κ2) is 6.44. The van der Waals surface area contributed by atoms with Gasteiger partial charge in [0.25, 0.3) is 10.0 Å². The summed E-state index contributed by atoms with van der Waals surface area (Å²) in [6, 6.07) is 3.10. The summed E-state index contributed by atoms with van der Waals surface area (Å²) < 4.78 is 64.2. The number of halogens is 4. The smallest absolute Gasteiger partial charge is 0.206 e. The van der Waals surface area contributed by atoms with Gasteiger partial charge in [0.15, 0.2) is 0 Å². The normalized spacial score (nSPS) is 21.6. The maximum atomic E-state index is 12.8. The number of rotatable bonds is 4. The Morgan fingerprint density at radius 3 is 2.71 bits per heavy atom. The summed E-state index contributed by atoms with van der Waals surface area (Å²) in [4.78, 5) is 0.813. The van der Waals surface area contributed by atoms with Gasteiger partial charge in [-0.15, -0.1) is 22.9 Å². The molecule has 1 unspecified atom stereocenters. The Labute approximate surface area is 130 Å².